The first kappa shape index (κ1) is 5.92. The molecule has 1 rings (SSSR count). The molecule has 0 unspecified atom stereocenters. The number of rotatable bonds is 2. The van der Waals surface area contributed by atoms with Crippen LogP contribution in [0.1, 0.15) is 15.2 Å². The zero-order chi connectivity index (χ0) is 8.48. The molecule has 0 bridgehead atoms. The summed E-state index contributed by atoms with van der Waals surface area (Å²) in [4.78, 5) is 0. The van der Waals surface area contributed by atoms with E-state index in [0.717, 1.165) is 0 Å². The van der Waals surface area contributed by atoms with Crippen molar-refractivity contribution in [2.45, 2.75) is 26.0 Å². The van der Waals surface area contributed by atoms with Gasteiger partial charge in [-0.1, -0.05) is 0 Å². The third kappa shape index (κ3) is 2.19. The molecule has 0 amide bonds. The van der Waals surface area contributed by atoms with Gasteiger partial charge >= 0.3 is 0 Å². The van der Waals surface area contributed by atoms with Crippen molar-refractivity contribution >= 4 is 0 Å². The summed E-state index contributed by atoms with van der Waals surface area (Å²) in [5.74, 6) is 0. The molecule has 1 aromatic heterocycles. The van der Waals surface area contributed by atoms with Gasteiger partial charge in [0.1, 0.15) is 0 Å². The van der Waals surface area contributed by atoms with Crippen molar-refractivity contribution in [3.8, 4) is 0 Å². The largest absolute Gasteiger partial charge is 0.389 e. The number of hydrogen-bond donors (Lipinski definition) is 1. The molecule has 1 N–H and O–H groups in total. The van der Waals surface area contributed by atoms with Gasteiger partial charge in [0, 0.05) is 12.4 Å². The molecule has 0 atom stereocenters. The number of aromatic nitrogens is 2. The van der Waals surface area contributed by atoms with Gasteiger partial charge in [-0.25, -0.2) is 0 Å². The Morgan fingerprint density at radius 1 is 1.80 bits per heavy atom. The van der Waals surface area contributed by atoms with Gasteiger partial charge in [-0.05, 0) is 19.9 Å². The minimum atomic E-state index is -0.765. The van der Waals surface area contributed by atoms with Crippen LogP contribution in [0.5, 0.6) is 0 Å². The average molecular weight is 141 g/mol. The second kappa shape index (κ2) is 2.42. The van der Waals surface area contributed by atoms with Gasteiger partial charge in [0.25, 0.3) is 0 Å². The lowest BCUT2D eigenvalue weighted by molar-refractivity contribution is 0.0577. The van der Waals surface area contributed by atoms with Crippen LogP contribution in [-0.4, -0.2) is 20.5 Å². The van der Waals surface area contributed by atoms with Crippen molar-refractivity contribution in [1.82, 2.24) is 9.78 Å². The summed E-state index contributed by atoms with van der Waals surface area (Å²) in [6.45, 7) is 3.84. The Balaban J connectivity index is 2.65. The first-order valence-corrected chi connectivity index (χ1v) is 3.19. The minimum Gasteiger partial charge on any atom is -0.389 e. The summed E-state index contributed by atoms with van der Waals surface area (Å²) >= 11 is 0. The van der Waals surface area contributed by atoms with Crippen LogP contribution in [0, 0.1) is 0 Å². The molecule has 0 saturated heterocycles. The summed E-state index contributed by atoms with van der Waals surface area (Å²) < 4.78 is 8.72. The van der Waals surface area contributed by atoms with Gasteiger partial charge in [0.05, 0.1) is 13.5 Å². The Hall–Kier alpha value is -0.830. The Morgan fingerprint density at radius 3 is 2.90 bits per heavy atom. The molecule has 0 aromatic carbocycles. The Labute approximate surface area is 61.7 Å². The van der Waals surface area contributed by atoms with E-state index < -0.39 is 5.60 Å². The second-order valence-corrected chi connectivity index (χ2v) is 2.95. The predicted octanol–water partition coefficient (Wildman–Crippen LogP) is 0.654. The van der Waals surface area contributed by atoms with Gasteiger partial charge in [0.2, 0.25) is 0 Å². The quantitative estimate of drug-likeness (QED) is 0.656. The maximum Gasteiger partial charge on any atom is 0.0786 e. The van der Waals surface area contributed by atoms with E-state index >= 15 is 0 Å². The molecule has 0 spiro atoms. The fourth-order valence-electron chi connectivity index (χ4n) is 0.743. The predicted molar refractivity (Wildman–Crippen MR) is 38.5 cm³/mol. The van der Waals surface area contributed by atoms with Crippen molar-refractivity contribution in [2.24, 2.45) is 0 Å². The highest BCUT2D eigenvalue weighted by Crippen LogP contribution is 2.03. The minimum absolute atomic E-state index is 0.370. The average Bonchev–Trinajstić information content (AvgIpc) is 2.10. The molecule has 56 valence electrons. The number of hydrogen-bond acceptors (Lipinski definition) is 2. The van der Waals surface area contributed by atoms with Crippen molar-refractivity contribution < 1.29 is 6.48 Å². The molecule has 0 radical (unpaired) electrons. The summed E-state index contributed by atoms with van der Waals surface area (Å²) in [6.07, 6.45) is 3.03. The van der Waals surface area contributed by atoms with Crippen LogP contribution < -0.4 is 0 Å². The molecular weight excluding hydrogens is 128 g/mol. The zero-order valence-corrected chi connectivity index (χ0v) is 6.20. The smallest absolute Gasteiger partial charge is 0.0786 e. The fraction of sp³-hybridized carbons (Fsp3) is 0.571. The summed E-state index contributed by atoms with van der Waals surface area (Å²) in [7, 11) is 0. The molecule has 3 nitrogen and oxygen atoms in total. The van der Waals surface area contributed by atoms with E-state index in [2.05, 4.69) is 5.10 Å². The summed E-state index contributed by atoms with van der Waals surface area (Å²) in [5.41, 5.74) is -0.765. The van der Waals surface area contributed by atoms with Gasteiger partial charge in [-0.3, -0.25) is 4.68 Å². The van der Waals surface area contributed by atoms with Crippen molar-refractivity contribution in [2.75, 3.05) is 0 Å². The molecule has 1 heterocycles. The number of nitrogens with zero attached hydrogens (tertiary/aromatic N) is 2. The Kier molecular flexibility index (Phi) is 1.43. The highest BCUT2D eigenvalue weighted by Gasteiger charge is 2.12. The molecule has 0 aliphatic carbocycles. The molecular formula is C7H12N2O. The normalized spacial score (nSPS) is 13.3. The van der Waals surface area contributed by atoms with Gasteiger partial charge < -0.3 is 5.11 Å². The molecule has 0 fully saturated rings. The van der Waals surface area contributed by atoms with Crippen LogP contribution in [-0.2, 0) is 6.54 Å². The van der Waals surface area contributed by atoms with E-state index in [9.17, 15) is 5.11 Å². The first-order valence-electron chi connectivity index (χ1n) is 3.69. The highest BCUT2D eigenvalue weighted by atomic mass is 16.3. The molecule has 0 aliphatic heterocycles. The number of aliphatic hydroxyl groups is 1. The lowest BCUT2D eigenvalue weighted by Gasteiger charge is -2.16. The van der Waals surface area contributed by atoms with E-state index in [1.165, 1.54) is 6.20 Å². The summed E-state index contributed by atoms with van der Waals surface area (Å²) in [6, 6.07) is 0.370. The maximum absolute atomic E-state index is 9.36. The van der Waals surface area contributed by atoms with E-state index in [1.54, 1.807) is 24.7 Å². The zero-order valence-electron chi connectivity index (χ0n) is 7.20. The second-order valence-electron chi connectivity index (χ2n) is 2.95. The van der Waals surface area contributed by atoms with E-state index in [0.29, 0.717) is 12.6 Å². The molecule has 0 aliphatic rings. The lowest BCUT2D eigenvalue weighted by atomic mass is 10.1. The third-order valence-electron chi connectivity index (χ3n) is 1.05. The Morgan fingerprint density at radius 2 is 2.50 bits per heavy atom. The standard InChI is InChI=1S/C7H12N2O/c1-7(2,10)6-9-5-3-4-8-9/h3-5,10H,6H2,1-2H3/i3D. The molecule has 0 saturated carbocycles. The van der Waals surface area contributed by atoms with Crippen LogP contribution in [0.2, 0.25) is 0 Å². The van der Waals surface area contributed by atoms with Crippen LogP contribution in [0.4, 0.5) is 0 Å². The third-order valence-corrected chi connectivity index (χ3v) is 1.05. The van der Waals surface area contributed by atoms with Crippen molar-refractivity contribution in [1.29, 1.82) is 0 Å². The van der Waals surface area contributed by atoms with Gasteiger partial charge in [-0.2, -0.15) is 5.10 Å². The van der Waals surface area contributed by atoms with Crippen LogP contribution >= 0.6 is 0 Å². The summed E-state index contributed by atoms with van der Waals surface area (Å²) in [5, 5.41) is 13.2. The van der Waals surface area contributed by atoms with E-state index in [-0.39, 0.29) is 0 Å². The molecule has 10 heavy (non-hydrogen) atoms. The first-order chi connectivity index (χ1) is 4.97. The van der Waals surface area contributed by atoms with Gasteiger partial charge in [0.15, 0.2) is 0 Å². The molecule has 3 heteroatoms. The SMILES string of the molecule is [2H]c1cnn(CC(C)(C)O)c1. The highest BCUT2D eigenvalue weighted by molar-refractivity contribution is 4.79. The monoisotopic (exact) mass is 141 g/mol. The van der Waals surface area contributed by atoms with Crippen molar-refractivity contribution in [3.05, 3.63) is 18.4 Å². The lowest BCUT2D eigenvalue weighted by Crippen LogP contribution is -2.26. The van der Waals surface area contributed by atoms with Gasteiger partial charge in [-0.15, -0.1) is 0 Å². The van der Waals surface area contributed by atoms with Crippen molar-refractivity contribution in [3.63, 3.8) is 0 Å². The van der Waals surface area contributed by atoms with Crippen LogP contribution in [0.25, 0.3) is 0 Å². The van der Waals surface area contributed by atoms with E-state index in [1.807, 2.05) is 0 Å². The van der Waals surface area contributed by atoms with Crippen LogP contribution in [0.15, 0.2) is 18.4 Å². The van der Waals surface area contributed by atoms with E-state index in [4.69, 9.17) is 1.37 Å². The van der Waals surface area contributed by atoms with Crippen LogP contribution in [0.3, 0.4) is 0 Å². The maximum atomic E-state index is 9.36. The Bertz CT molecular complexity index is 239. The fourth-order valence-corrected chi connectivity index (χ4v) is 0.743. The molecule has 1 aromatic rings. The topological polar surface area (TPSA) is 38.0 Å².